The Bertz CT molecular complexity index is 788. The lowest BCUT2D eigenvalue weighted by Gasteiger charge is -2.33. The summed E-state index contributed by atoms with van der Waals surface area (Å²) < 4.78 is 11.5. The molecular weight excluding hydrogens is 322 g/mol. The Kier molecular flexibility index (Phi) is 3.47. The highest BCUT2D eigenvalue weighted by Crippen LogP contribution is 2.57. The van der Waals surface area contributed by atoms with E-state index in [9.17, 15) is 14.7 Å². The number of carboxylic acid groups (broad SMARTS) is 1. The van der Waals surface area contributed by atoms with Crippen LogP contribution in [0, 0.1) is 11.8 Å². The zero-order chi connectivity index (χ0) is 17.8. The number of hydrogen-bond acceptors (Lipinski definition) is 4. The molecule has 0 aromatic heterocycles. The van der Waals surface area contributed by atoms with Crippen LogP contribution in [0.1, 0.15) is 6.42 Å². The van der Waals surface area contributed by atoms with Crippen molar-refractivity contribution in [1.82, 2.24) is 0 Å². The maximum atomic E-state index is 13.3. The van der Waals surface area contributed by atoms with Gasteiger partial charge in [-0.05, 0) is 18.6 Å². The van der Waals surface area contributed by atoms with Crippen LogP contribution in [-0.2, 0) is 14.3 Å². The summed E-state index contributed by atoms with van der Waals surface area (Å²) in [5.74, 6) is -2.30. The predicted molar refractivity (Wildman–Crippen MR) is 90.4 cm³/mol. The first-order valence-corrected chi connectivity index (χ1v) is 8.22. The minimum Gasteiger partial charge on any atom is -0.495 e. The first-order valence-electron chi connectivity index (χ1n) is 8.22. The van der Waals surface area contributed by atoms with Crippen molar-refractivity contribution in [3.63, 3.8) is 0 Å². The second-order valence-corrected chi connectivity index (χ2v) is 6.56. The molecule has 0 aliphatic carbocycles. The van der Waals surface area contributed by atoms with Crippen LogP contribution in [-0.4, -0.2) is 41.8 Å². The van der Waals surface area contributed by atoms with Crippen LogP contribution >= 0.6 is 0 Å². The Morgan fingerprint density at radius 3 is 2.92 bits per heavy atom. The quantitative estimate of drug-likeness (QED) is 0.829. The second-order valence-electron chi connectivity index (χ2n) is 6.56. The van der Waals surface area contributed by atoms with Gasteiger partial charge in [0.2, 0.25) is 5.91 Å². The Morgan fingerprint density at radius 2 is 2.24 bits per heavy atom. The van der Waals surface area contributed by atoms with Crippen LogP contribution in [0.15, 0.2) is 49.1 Å². The zero-order valence-electron chi connectivity index (χ0n) is 13.8. The molecule has 1 N–H and O–H groups in total. The highest BCUT2D eigenvalue weighted by molar-refractivity contribution is 6.04. The van der Waals surface area contributed by atoms with Gasteiger partial charge in [-0.15, -0.1) is 6.58 Å². The largest absolute Gasteiger partial charge is 0.495 e. The Morgan fingerprint density at radius 1 is 1.48 bits per heavy atom. The van der Waals surface area contributed by atoms with E-state index in [0.29, 0.717) is 17.9 Å². The van der Waals surface area contributed by atoms with Gasteiger partial charge in [-0.1, -0.05) is 30.4 Å². The highest BCUT2D eigenvalue weighted by atomic mass is 16.5. The van der Waals surface area contributed by atoms with Gasteiger partial charge in [0.15, 0.2) is 0 Å². The molecule has 25 heavy (non-hydrogen) atoms. The summed E-state index contributed by atoms with van der Waals surface area (Å²) in [5.41, 5.74) is -0.310. The summed E-state index contributed by atoms with van der Waals surface area (Å²) >= 11 is 0. The van der Waals surface area contributed by atoms with Crippen LogP contribution < -0.4 is 9.64 Å². The Labute approximate surface area is 145 Å². The number of carbonyl (C=O) groups excluding carboxylic acids is 1. The van der Waals surface area contributed by atoms with Gasteiger partial charge in [0.1, 0.15) is 17.3 Å². The molecule has 1 amide bonds. The molecule has 1 aromatic carbocycles. The molecular formula is C19H19NO5. The number of aliphatic carboxylic acids is 1. The predicted octanol–water partition coefficient (Wildman–Crippen LogP) is 2.01. The molecule has 1 aromatic rings. The molecule has 6 nitrogen and oxygen atoms in total. The van der Waals surface area contributed by atoms with Gasteiger partial charge in [-0.3, -0.25) is 9.59 Å². The van der Waals surface area contributed by atoms with Gasteiger partial charge in [-0.25, -0.2) is 0 Å². The lowest BCUT2D eigenvalue weighted by molar-refractivity contribution is -0.146. The SMILES string of the molecule is C=CC[C@H]1N(c2ccccc2OC)C(=O)[C@H]2[C@@H](C(=O)O)[C@H]3C=C[C@]21O3. The van der Waals surface area contributed by atoms with E-state index in [1.165, 1.54) is 0 Å². The summed E-state index contributed by atoms with van der Waals surface area (Å²) in [4.78, 5) is 26.7. The molecule has 3 aliphatic heterocycles. The molecule has 0 saturated carbocycles. The van der Waals surface area contributed by atoms with Crippen LogP contribution in [0.3, 0.4) is 0 Å². The van der Waals surface area contributed by atoms with Gasteiger partial charge < -0.3 is 19.5 Å². The molecule has 0 radical (unpaired) electrons. The molecule has 2 fully saturated rings. The van der Waals surface area contributed by atoms with E-state index in [2.05, 4.69) is 6.58 Å². The Hall–Kier alpha value is -2.60. The van der Waals surface area contributed by atoms with Gasteiger partial charge in [-0.2, -0.15) is 0 Å². The van der Waals surface area contributed by atoms with Gasteiger partial charge in [0, 0.05) is 0 Å². The first-order chi connectivity index (χ1) is 12.0. The van der Waals surface area contributed by atoms with E-state index in [4.69, 9.17) is 9.47 Å². The summed E-state index contributed by atoms with van der Waals surface area (Å²) in [5, 5.41) is 9.64. The van der Waals surface area contributed by atoms with Crippen LogP contribution in [0.5, 0.6) is 5.75 Å². The average Bonchev–Trinajstić information content (AvgIpc) is 3.24. The van der Waals surface area contributed by atoms with Crippen molar-refractivity contribution < 1.29 is 24.2 Å². The monoisotopic (exact) mass is 341 g/mol. The molecule has 3 aliphatic rings. The number of para-hydroxylation sites is 2. The first kappa shape index (κ1) is 15.9. The topological polar surface area (TPSA) is 76.1 Å². The molecule has 3 heterocycles. The Balaban J connectivity index is 1.87. The van der Waals surface area contributed by atoms with Crippen LogP contribution in [0.2, 0.25) is 0 Å². The maximum absolute atomic E-state index is 13.3. The molecule has 2 bridgehead atoms. The fourth-order valence-corrected chi connectivity index (χ4v) is 4.49. The number of rotatable bonds is 5. The number of carbonyl (C=O) groups is 2. The van der Waals surface area contributed by atoms with Gasteiger partial charge >= 0.3 is 5.97 Å². The number of methoxy groups -OCH3 is 1. The minimum atomic E-state index is -1.01. The third-order valence-corrected chi connectivity index (χ3v) is 5.44. The standard InChI is InChI=1S/C19H19NO5/c1-3-6-14-19-10-9-13(25-19)15(18(22)23)16(19)17(21)20(14)11-7-4-5-8-12(11)24-2/h3-5,7-10,13-16H,1,6H2,2H3,(H,22,23)/t13-,14-,15+,16-,19-/m1/s1. The molecule has 4 rings (SSSR count). The van der Waals surface area contributed by atoms with Gasteiger partial charge in [0.25, 0.3) is 0 Å². The lowest BCUT2D eigenvalue weighted by Crippen LogP contribution is -2.45. The van der Waals surface area contributed by atoms with Crippen molar-refractivity contribution >= 4 is 17.6 Å². The van der Waals surface area contributed by atoms with Crippen LogP contribution in [0.4, 0.5) is 5.69 Å². The molecule has 5 atom stereocenters. The molecule has 1 spiro atoms. The lowest BCUT2D eigenvalue weighted by atomic mass is 9.74. The van der Waals surface area contributed by atoms with Crippen molar-refractivity contribution in [3.05, 3.63) is 49.1 Å². The number of fused-ring (bicyclic) bond motifs is 1. The van der Waals surface area contributed by atoms with E-state index in [1.54, 1.807) is 36.3 Å². The second kappa shape index (κ2) is 5.46. The van der Waals surface area contributed by atoms with Gasteiger partial charge in [0.05, 0.1) is 30.9 Å². The molecule has 2 saturated heterocycles. The number of amides is 1. The fraction of sp³-hybridized carbons (Fsp3) is 0.368. The van der Waals surface area contributed by atoms with E-state index in [0.717, 1.165) is 0 Å². The number of benzene rings is 1. The van der Waals surface area contributed by atoms with E-state index >= 15 is 0 Å². The average molecular weight is 341 g/mol. The molecule has 6 heteroatoms. The van der Waals surface area contributed by atoms with E-state index < -0.39 is 29.5 Å². The maximum Gasteiger partial charge on any atom is 0.310 e. The van der Waals surface area contributed by atoms with Crippen molar-refractivity contribution in [2.45, 2.75) is 24.2 Å². The summed E-state index contributed by atoms with van der Waals surface area (Å²) in [6, 6.07) is 6.87. The summed E-state index contributed by atoms with van der Waals surface area (Å²) in [6.07, 6.45) is 5.30. The number of hydrogen-bond donors (Lipinski definition) is 1. The minimum absolute atomic E-state index is 0.240. The van der Waals surface area contributed by atoms with Crippen molar-refractivity contribution in [2.24, 2.45) is 11.8 Å². The zero-order valence-corrected chi connectivity index (χ0v) is 13.8. The molecule has 0 unspecified atom stereocenters. The highest BCUT2D eigenvalue weighted by Gasteiger charge is 2.71. The smallest absolute Gasteiger partial charge is 0.310 e. The number of anilines is 1. The number of carboxylic acids is 1. The fourth-order valence-electron chi connectivity index (χ4n) is 4.49. The van der Waals surface area contributed by atoms with Crippen molar-refractivity contribution in [3.8, 4) is 5.75 Å². The third kappa shape index (κ3) is 1.94. The van der Waals surface area contributed by atoms with Crippen LogP contribution in [0.25, 0.3) is 0 Å². The molecule has 130 valence electrons. The summed E-state index contributed by atoms with van der Waals surface area (Å²) in [6.45, 7) is 3.80. The van der Waals surface area contributed by atoms with Crippen molar-refractivity contribution in [1.29, 1.82) is 0 Å². The normalized spacial score (nSPS) is 35.1. The van der Waals surface area contributed by atoms with E-state index in [-0.39, 0.29) is 11.9 Å². The van der Waals surface area contributed by atoms with E-state index in [1.807, 2.05) is 18.2 Å². The van der Waals surface area contributed by atoms with Crippen molar-refractivity contribution in [2.75, 3.05) is 12.0 Å². The number of ether oxygens (including phenoxy) is 2. The number of nitrogens with zero attached hydrogens (tertiary/aromatic N) is 1. The third-order valence-electron chi connectivity index (χ3n) is 5.44. The summed E-state index contributed by atoms with van der Waals surface area (Å²) in [7, 11) is 1.54.